The van der Waals surface area contributed by atoms with Crippen LogP contribution in [0, 0.1) is 12.3 Å². The molecule has 0 bridgehead atoms. The molecule has 0 radical (unpaired) electrons. The van der Waals surface area contributed by atoms with Gasteiger partial charge in [-0.2, -0.15) is 0 Å². The van der Waals surface area contributed by atoms with Crippen molar-refractivity contribution >= 4 is 23.2 Å². The summed E-state index contributed by atoms with van der Waals surface area (Å²) in [6, 6.07) is 5.08. The Labute approximate surface area is 120 Å². The summed E-state index contributed by atoms with van der Waals surface area (Å²) in [5.74, 6) is 2.14. The summed E-state index contributed by atoms with van der Waals surface area (Å²) < 4.78 is 1.46. The van der Waals surface area contributed by atoms with Gasteiger partial charge >= 0.3 is 0 Å². The number of anilines is 1. The summed E-state index contributed by atoms with van der Waals surface area (Å²) in [6.07, 6.45) is 6.53. The van der Waals surface area contributed by atoms with Crippen molar-refractivity contribution in [1.82, 2.24) is 25.5 Å². The van der Waals surface area contributed by atoms with Crippen LogP contribution in [0.15, 0.2) is 24.5 Å². The molecular weight excluding hydrogens is 280 g/mol. The van der Waals surface area contributed by atoms with Gasteiger partial charge in [-0.15, -0.1) is 11.5 Å². The van der Waals surface area contributed by atoms with Crippen molar-refractivity contribution < 1.29 is 4.79 Å². The fraction of sp³-hybridized carbons (Fsp3) is 0.167. The van der Waals surface area contributed by atoms with Crippen LogP contribution in [0.4, 0.5) is 5.69 Å². The summed E-state index contributed by atoms with van der Waals surface area (Å²) in [6.45, 7) is 0.432. The third kappa shape index (κ3) is 3.54. The largest absolute Gasteiger partial charge is 0.324 e. The Hall–Kier alpha value is -2.43. The molecule has 0 aliphatic rings. The van der Waals surface area contributed by atoms with Gasteiger partial charge < -0.3 is 5.32 Å². The first-order chi connectivity index (χ1) is 9.70. The third-order valence-electron chi connectivity index (χ3n) is 2.35. The van der Waals surface area contributed by atoms with Crippen molar-refractivity contribution in [2.24, 2.45) is 0 Å². The van der Waals surface area contributed by atoms with Gasteiger partial charge in [-0.05, 0) is 28.6 Å². The summed E-state index contributed by atoms with van der Waals surface area (Å²) in [5.41, 5.74) is 1.17. The van der Waals surface area contributed by atoms with E-state index in [2.05, 4.69) is 32.1 Å². The summed E-state index contributed by atoms with van der Waals surface area (Å²) in [4.78, 5) is 11.7. The molecule has 102 valence electrons. The lowest BCUT2D eigenvalue weighted by molar-refractivity contribution is -0.115. The molecule has 0 aliphatic heterocycles. The highest BCUT2D eigenvalue weighted by Gasteiger charge is 2.08. The lowest BCUT2D eigenvalue weighted by Crippen LogP contribution is -2.28. The van der Waals surface area contributed by atoms with Gasteiger partial charge in [0.1, 0.15) is 6.33 Å². The molecule has 1 aromatic carbocycles. The number of tetrazole rings is 1. The minimum absolute atomic E-state index is 0.107. The number of hydrogen-bond donors (Lipinski definition) is 2. The molecule has 1 aromatic heterocycles. The van der Waals surface area contributed by atoms with Gasteiger partial charge in [-0.1, -0.05) is 17.5 Å². The molecule has 7 nitrogen and oxygen atoms in total. The number of nitrogens with zero attached hydrogens (tertiary/aromatic N) is 4. The highest BCUT2D eigenvalue weighted by molar-refractivity contribution is 6.33. The molecule has 0 atom stereocenters. The SMILES string of the molecule is C#CCNCC(=O)Nc1cc(-n2cnnn2)ccc1Cl. The average molecular weight is 291 g/mol. The fourth-order valence-electron chi connectivity index (χ4n) is 1.47. The Morgan fingerprint density at radius 3 is 3.05 bits per heavy atom. The van der Waals surface area contributed by atoms with Crippen LogP contribution >= 0.6 is 11.6 Å². The minimum Gasteiger partial charge on any atom is -0.324 e. The van der Waals surface area contributed by atoms with Gasteiger partial charge in [0, 0.05) is 0 Å². The van der Waals surface area contributed by atoms with Gasteiger partial charge in [-0.3, -0.25) is 10.1 Å². The summed E-state index contributed by atoms with van der Waals surface area (Å²) >= 11 is 6.03. The average Bonchev–Trinajstić information content (AvgIpc) is 2.95. The predicted molar refractivity (Wildman–Crippen MR) is 74.5 cm³/mol. The number of carbonyl (C=O) groups is 1. The number of rotatable bonds is 5. The van der Waals surface area contributed by atoms with E-state index in [0.29, 0.717) is 22.9 Å². The van der Waals surface area contributed by atoms with Gasteiger partial charge in [0.05, 0.1) is 29.5 Å². The highest BCUT2D eigenvalue weighted by atomic mass is 35.5. The third-order valence-corrected chi connectivity index (χ3v) is 2.68. The van der Waals surface area contributed by atoms with E-state index in [0.717, 1.165) is 0 Å². The first kappa shape index (κ1) is 14.0. The van der Waals surface area contributed by atoms with E-state index in [4.69, 9.17) is 18.0 Å². The topological polar surface area (TPSA) is 84.7 Å². The number of halogens is 1. The number of carbonyl (C=O) groups excluding carboxylic acids is 1. The van der Waals surface area contributed by atoms with Crippen molar-refractivity contribution in [3.63, 3.8) is 0 Å². The van der Waals surface area contributed by atoms with Crippen LogP contribution in [0.25, 0.3) is 5.69 Å². The second-order valence-electron chi connectivity index (χ2n) is 3.77. The molecule has 0 unspecified atom stereocenters. The number of amides is 1. The number of terminal acetylenes is 1. The first-order valence-corrected chi connectivity index (χ1v) is 6.05. The number of nitrogens with one attached hydrogen (secondary N) is 2. The Morgan fingerprint density at radius 1 is 1.50 bits per heavy atom. The van der Waals surface area contributed by atoms with Crippen molar-refractivity contribution in [2.75, 3.05) is 18.4 Å². The van der Waals surface area contributed by atoms with Crippen molar-refractivity contribution in [3.8, 4) is 18.0 Å². The Bertz CT molecular complexity index is 634. The van der Waals surface area contributed by atoms with Crippen LogP contribution in [0.2, 0.25) is 5.02 Å². The minimum atomic E-state index is -0.240. The smallest absolute Gasteiger partial charge is 0.238 e. The van der Waals surface area contributed by atoms with Crippen LogP contribution in [-0.2, 0) is 4.79 Å². The molecule has 2 rings (SSSR count). The maximum absolute atomic E-state index is 11.7. The zero-order valence-corrected chi connectivity index (χ0v) is 11.1. The lowest BCUT2D eigenvalue weighted by atomic mass is 10.2. The number of aromatic nitrogens is 4. The van der Waals surface area contributed by atoms with Crippen LogP contribution < -0.4 is 10.6 Å². The van der Waals surface area contributed by atoms with Crippen molar-refractivity contribution in [3.05, 3.63) is 29.5 Å². The summed E-state index contributed by atoms with van der Waals surface area (Å²) in [5, 5.41) is 16.8. The monoisotopic (exact) mass is 290 g/mol. The maximum atomic E-state index is 11.7. The maximum Gasteiger partial charge on any atom is 0.238 e. The molecule has 0 saturated carbocycles. The number of hydrogen-bond acceptors (Lipinski definition) is 5. The zero-order valence-electron chi connectivity index (χ0n) is 10.4. The molecule has 1 heterocycles. The van der Waals surface area contributed by atoms with Crippen LogP contribution in [-0.4, -0.2) is 39.2 Å². The molecule has 1 amide bonds. The van der Waals surface area contributed by atoms with E-state index in [-0.39, 0.29) is 12.5 Å². The van der Waals surface area contributed by atoms with Crippen molar-refractivity contribution in [2.45, 2.75) is 0 Å². The molecule has 20 heavy (non-hydrogen) atoms. The molecule has 2 N–H and O–H groups in total. The Kier molecular flexibility index (Phi) is 4.65. The molecule has 0 fully saturated rings. The highest BCUT2D eigenvalue weighted by Crippen LogP contribution is 2.24. The van der Waals surface area contributed by atoms with E-state index in [1.165, 1.54) is 11.0 Å². The normalized spacial score (nSPS) is 10.0. The summed E-state index contributed by atoms with van der Waals surface area (Å²) in [7, 11) is 0. The van der Waals surface area contributed by atoms with E-state index in [1.807, 2.05) is 0 Å². The Balaban J connectivity index is 2.09. The molecule has 0 spiro atoms. The molecule has 0 saturated heterocycles. The quantitative estimate of drug-likeness (QED) is 0.618. The molecule has 2 aromatic rings. The predicted octanol–water partition coefficient (Wildman–Crippen LogP) is 0.477. The van der Waals surface area contributed by atoms with E-state index in [9.17, 15) is 4.79 Å². The zero-order chi connectivity index (χ0) is 14.4. The van der Waals surface area contributed by atoms with Gasteiger partial charge in [0.2, 0.25) is 5.91 Å². The van der Waals surface area contributed by atoms with Gasteiger partial charge in [-0.25, -0.2) is 4.68 Å². The van der Waals surface area contributed by atoms with Crippen LogP contribution in [0.5, 0.6) is 0 Å². The van der Waals surface area contributed by atoms with E-state index in [1.54, 1.807) is 18.2 Å². The number of benzene rings is 1. The first-order valence-electron chi connectivity index (χ1n) is 5.67. The lowest BCUT2D eigenvalue weighted by Gasteiger charge is -2.09. The molecule has 0 aliphatic carbocycles. The van der Waals surface area contributed by atoms with Gasteiger partial charge in [0.25, 0.3) is 0 Å². The second kappa shape index (κ2) is 6.65. The van der Waals surface area contributed by atoms with Crippen LogP contribution in [0.1, 0.15) is 0 Å². The Morgan fingerprint density at radius 2 is 2.35 bits per heavy atom. The molecular formula is C12H11ClN6O. The molecule has 8 heteroatoms. The van der Waals surface area contributed by atoms with Crippen LogP contribution in [0.3, 0.4) is 0 Å². The van der Waals surface area contributed by atoms with E-state index < -0.39 is 0 Å². The van der Waals surface area contributed by atoms with E-state index >= 15 is 0 Å². The second-order valence-corrected chi connectivity index (χ2v) is 4.18. The standard InChI is InChI=1S/C12H11ClN6O/c1-2-5-14-7-12(20)16-11-6-9(3-4-10(11)13)19-8-15-17-18-19/h1,3-4,6,8,14H,5,7H2,(H,16,20). The van der Waals surface area contributed by atoms with Gasteiger partial charge in [0.15, 0.2) is 0 Å². The fourth-order valence-corrected chi connectivity index (χ4v) is 1.64. The van der Waals surface area contributed by atoms with Crippen molar-refractivity contribution in [1.29, 1.82) is 0 Å².